The fourth-order valence-electron chi connectivity index (χ4n) is 2.14. The molecule has 1 aromatic heterocycles. The maximum atomic E-state index is 12.3. The summed E-state index contributed by atoms with van der Waals surface area (Å²) < 4.78 is 14.5. The number of carbonyl (C=O) groups excluding carboxylic acids is 3. The first-order valence-electron chi connectivity index (χ1n) is 7.10. The van der Waals surface area contributed by atoms with Crippen molar-refractivity contribution in [2.75, 3.05) is 25.7 Å². The lowest BCUT2D eigenvalue weighted by Crippen LogP contribution is -2.13. The standard InChI is InChI=1S/C16H15ClN2O6S/c1-23-15(21)11-9(12(16(22)24-2)26-13(11)19)6-25-14(20)8-4-3-7(17)5-10(8)18/h3-5H,6,18-19H2,1-2H3. The second-order valence-corrected chi connectivity index (χ2v) is 6.43. The summed E-state index contributed by atoms with van der Waals surface area (Å²) in [7, 11) is 2.35. The lowest BCUT2D eigenvalue weighted by atomic mass is 10.1. The van der Waals surface area contributed by atoms with Gasteiger partial charge in [-0.3, -0.25) is 0 Å². The van der Waals surface area contributed by atoms with Gasteiger partial charge in [-0.2, -0.15) is 0 Å². The van der Waals surface area contributed by atoms with Crippen LogP contribution in [-0.4, -0.2) is 32.1 Å². The molecule has 0 aliphatic rings. The highest BCUT2D eigenvalue weighted by Gasteiger charge is 2.28. The zero-order valence-electron chi connectivity index (χ0n) is 13.8. The van der Waals surface area contributed by atoms with E-state index in [9.17, 15) is 14.4 Å². The number of anilines is 2. The molecule has 4 N–H and O–H groups in total. The summed E-state index contributed by atoms with van der Waals surface area (Å²) in [6.45, 7) is -0.399. The largest absolute Gasteiger partial charge is 0.465 e. The molecule has 0 bridgehead atoms. The third-order valence-corrected chi connectivity index (χ3v) is 4.65. The maximum Gasteiger partial charge on any atom is 0.348 e. The normalized spacial score (nSPS) is 10.3. The number of hydrogen-bond donors (Lipinski definition) is 2. The lowest BCUT2D eigenvalue weighted by Gasteiger charge is -2.09. The number of ether oxygens (including phenoxy) is 3. The van der Waals surface area contributed by atoms with E-state index in [2.05, 4.69) is 9.47 Å². The van der Waals surface area contributed by atoms with Crippen LogP contribution in [0.2, 0.25) is 5.02 Å². The van der Waals surface area contributed by atoms with Crippen LogP contribution in [0.4, 0.5) is 10.7 Å². The van der Waals surface area contributed by atoms with E-state index in [0.717, 1.165) is 11.3 Å². The number of carbonyl (C=O) groups is 3. The smallest absolute Gasteiger partial charge is 0.348 e. The Morgan fingerprint density at radius 1 is 1.08 bits per heavy atom. The molecule has 1 heterocycles. The van der Waals surface area contributed by atoms with Crippen LogP contribution in [0, 0.1) is 0 Å². The van der Waals surface area contributed by atoms with Gasteiger partial charge in [0.05, 0.1) is 19.8 Å². The third kappa shape index (κ3) is 3.89. The minimum Gasteiger partial charge on any atom is -0.465 e. The molecule has 0 radical (unpaired) electrons. The van der Waals surface area contributed by atoms with Crippen LogP contribution >= 0.6 is 22.9 Å². The molecule has 2 rings (SSSR count). The van der Waals surface area contributed by atoms with E-state index in [1.54, 1.807) is 0 Å². The number of thiophene rings is 1. The average Bonchev–Trinajstić information content (AvgIpc) is 2.94. The van der Waals surface area contributed by atoms with Gasteiger partial charge in [0.2, 0.25) is 0 Å². The van der Waals surface area contributed by atoms with E-state index < -0.39 is 24.5 Å². The van der Waals surface area contributed by atoms with Gasteiger partial charge in [-0.15, -0.1) is 11.3 Å². The van der Waals surface area contributed by atoms with Gasteiger partial charge in [-0.1, -0.05) is 11.6 Å². The fraction of sp³-hybridized carbons (Fsp3) is 0.188. The van der Waals surface area contributed by atoms with Crippen molar-refractivity contribution in [1.29, 1.82) is 0 Å². The van der Waals surface area contributed by atoms with E-state index in [0.29, 0.717) is 5.02 Å². The van der Waals surface area contributed by atoms with Crippen LogP contribution in [0.5, 0.6) is 0 Å². The number of rotatable bonds is 5. The summed E-state index contributed by atoms with van der Waals surface area (Å²) in [5, 5.41) is 0.417. The highest BCUT2D eigenvalue weighted by atomic mass is 35.5. The van der Waals surface area contributed by atoms with Crippen LogP contribution in [0.15, 0.2) is 18.2 Å². The van der Waals surface area contributed by atoms with E-state index in [1.165, 1.54) is 32.4 Å². The van der Waals surface area contributed by atoms with Crippen LogP contribution in [-0.2, 0) is 20.8 Å². The van der Waals surface area contributed by atoms with Crippen LogP contribution in [0.1, 0.15) is 36.0 Å². The van der Waals surface area contributed by atoms with Crippen molar-refractivity contribution in [2.45, 2.75) is 6.61 Å². The Morgan fingerprint density at radius 3 is 2.31 bits per heavy atom. The number of nitrogen functional groups attached to an aromatic ring is 2. The molecule has 0 saturated heterocycles. The highest BCUT2D eigenvalue weighted by molar-refractivity contribution is 7.18. The Hall–Kier alpha value is -2.78. The lowest BCUT2D eigenvalue weighted by molar-refractivity contribution is 0.0453. The number of benzene rings is 1. The Labute approximate surface area is 157 Å². The van der Waals surface area contributed by atoms with E-state index in [-0.39, 0.29) is 32.3 Å². The summed E-state index contributed by atoms with van der Waals surface area (Å²) in [5.74, 6) is -2.23. The van der Waals surface area contributed by atoms with Crippen LogP contribution < -0.4 is 11.5 Å². The number of methoxy groups -OCH3 is 2. The summed E-state index contributed by atoms with van der Waals surface area (Å²) in [5.41, 5.74) is 11.8. The molecule has 0 unspecified atom stereocenters. The highest BCUT2D eigenvalue weighted by Crippen LogP contribution is 2.33. The van der Waals surface area contributed by atoms with Gasteiger partial charge in [0, 0.05) is 16.3 Å². The van der Waals surface area contributed by atoms with Gasteiger partial charge in [0.1, 0.15) is 22.0 Å². The minimum atomic E-state index is -0.758. The van der Waals surface area contributed by atoms with Crippen molar-refractivity contribution in [3.8, 4) is 0 Å². The summed E-state index contributed by atoms with van der Waals surface area (Å²) in [6.07, 6.45) is 0. The second kappa shape index (κ2) is 8.07. The van der Waals surface area contributed by atoms with Crippen LogP contribution in [0.3, 0.4) is 0 Å². The molecule has 2 aromatic rings. The molecular formula is C16H15ClN2O6S. The number of nitrogens with two attached hydrogens (primary N) is 2. The van der Waals surface area contributed by atoms with E-state index in [1.807, 2.05) is 0 Å². The molecule has 138 valence electrons. The summed E-state index contributed by atoms with van der Waals surface area (Å²) in [6, 6.07) is 4.29. The number of esters is 3. The molecule has 0 atom stereocenters. The van der Waals surface area contributed by atoms with E-state index in [4.69, 9.17) is 27.8 Å². The van der Waals surface area contributed by atoms with Gasteiger partial charge >= 0.3 is 17.9 Å². The minimum absolute atomic E-state index is 0.0438. The first-order valence-corrected chi connectivity index (χ1v) is 8.29. The maximum absolute atomic E-state index is 12.3. The summed E-state index contributed by atoms with van der Waals surface area (Å²) >= 11 is 6.63. The first kappa shape index (κ1) is 19.5. The molecule has 0 aliphatic carbocycles. The zero-order chi connectivity index (χ0) is 19.4. The van der Waals surface area contributed by atoms with Crippen molar-refractivity contribution >= 4 is 51.5 Å². The first-order chi connectivity index (χ1) is 12.3. The van der Waals surface area contributed by atoms with Gasteiger partial charge < -0.3 is 25.7 Å². The molecule has 8 nitrogen and oxygen atoms in total. The predicted molar refractivity (Wildman–Crippen MR) is 96.4 cm³/mol. The van der Waals surface area contributed by atoms with E-state index >= 15 is 0 Å². The van der Waals surface area contributed by atoms with Crippen molar-refractivity contribution in [3.63, 3.8) is 0 Å². The molecule has 1 aromatic carbocycles. The topological polar surface area (TPSA) is 131 Å². The molecule has 0 aliphatic heterocycles. The third-order valence-electron chi connectivity index (χ3n) is 3.38. The van der Waals surface area contributed by atoms with Gasteiger partial charge in [-0.25, -0.2) is 14.4 Å². The Kier molecular flexibility index (Phi) is 6.06. The number of halogens is 1. The second-order valence-electron chi connectivity index (χ2n) is 4.94. The molecule has 0 spiro atoms. The molecule has 0 amide bonds. The number of hydrogen-bond acceptors (Lipinski definition) is 9. The van der Waals surface area contributed by atoms with Gasteiger partial charge in [-0.05, 0) is 18.2 Å². The van der Waals surface area contributed by atoms with Gasteiger partial charge in [0.25, 0.3) is 0 Å². The van der Waals surface area contributed by atoms with Crippen molar-refractivity contribution < 1.29 is 28.6 Å². The van der Waals surface area contributed by atoms with Crippen molar-refractivity contribution in [2.24, 2.45) is 0 Å². The molecule has 10 heteroatoms. The monoisotopic (exact) mass is 398 g/mol. The predicted octanol–water partition coefficient (Wildman–Crippen LogP) is 2.50. The quantitative estimate of drug-likeness (QED) is 0.446. The molecule has 0 saturated carbocycles. The summed E-state index contributed by atoms with van der Waals surface area (Å²) in [4.78, 5) is 36.2. The average molecular weight is 399 g/mol. The SMILES string of the molecule is COC(=O)c1sc(N)c(C(=O)OC)c1COC(=O)c1ccc(Cl)cc1N. The van der Waals surface area contributed by atoms with Gasteiger partial charge in [0.15, 0.2) is 0 Å². The Balaban J connectivity index is 2.34. The molecule has 26 heavy (non-hydrogen) atoms. The van der Waals surface area contributed by atoms with Crippen molar-refractivity contribution in [1.82, 2.24) is 0 Å². The Morgan fingerprint density at radius 2 is 1.73 bits per heavy atom. The zero-order valence-corrected chi connectivity index (χ0v) is 15.4. The van der Waals surface area contributed by atoms with Crippen LogP contribution in [0.25, 0.3) is 0 Å². The van der Waals surface area contributed by atoms with Crippen molar-refractivity contribution in [3.05, 3.63) is 44.8 Å². The Bertz CT molecular complexity index is 880. The molecular weight excluding hydrogens is 384 g/mol. The molecule has 0 fully saturated rings. The fourth-order valence-corrected chi connectivity index (χ4v) is 3.30.